The number of benzene rings is 4. The molecule has 37 heavy (non-hydrogen) atoms. The third kappa shape index (κ3) is 5.28. The minimum atomic E-state index is -1.51. The summed E-state index contributed by atoms with van der Waals surface area (Å²) in [5.74, 6) is 1.38. The molecule has 0 aliphatic heterocycles. The van der Waals surface area contributed by atoms with Crippen LogP contribution >= 0.6 is 0 Å². The summed E-state index contributed by atoms with van der Waals surface area (Å²) in [5.41, 5.74) is 3.47. The SMILES string of the molecule is CCCCOc1c(C(C)(C)C)cccc1C(O)(c1ccccc1)c1cccc(-c2ccccc2)c1OC. The minimum Gasteiger partial charge on any atom is -0.496 e. The van der Waals surface area contributed by atoms with Crippen LogP contribution in [0.5, 0.6) is 11.5 Å². The van der Waals surface area contributed by atoms with Crippen LogP contribution in [0.15, 0.2) is 97.1 Å². The predicted molar refractivity (Wildman–Crippen MR) is 153 cm³/mol. The molecular weight excluding hydrogens is 456 g/mol. The average Bonchev–Trinajstić information content (AvgIpc) is 2.92. The van der Waals surface area contributed by atoms with E-state index in [1.165, 1.54) is 0 Å². The molecule has 1 unspecified atom stereocenters. The molecule has 0 aliphatic carbocycles. The van der Waals surface area contributed by atoms with Gasteiger partial charge in [-0.25, -0.2) is 0 Å². The number of hydrogen-bond donors (Lipinski definition) is 1. The Morgan fingerprint density at radius 1 is 0.676 bits per heavy atom. The van der Waals surface area contributed by atoms with Crippen LogP contribution in [0, 0.1) is 0 Å². The van der Waals surface area contributed by atoms with Gasteiger partial charge < -0.3 is 14.6 Å². The molecule has 0 spiro atoms. The predicted octanol–water partition coefficient (Wildman–Crippen LogP) is 8.12. The van der Waals surface area contributed by atoms with E-state index >= 15 is 0 Å². The van der Waals surface area contributed by atoms with Gasteiger partial charge in [-0.1, -0.05) is 131 Å². The molecular formula is C34H38O3. The Balaban J connectivity index is 2.06. The van der Waals surface area contributed by atoms with Crippen molar-refractivity contribution in [1.29, 1.82) is 0 Å². The zero-order chi connectivity index (χ0) is 26.5. The van der Waals surface area contributed by atoms with Gasteiger partial charge in [-0.2, -0.15) is 0 Å². The summed E-state index contributed by atoms with van der Waals surface area (Å²) in [6.07, 6.45) is 1.97. The number of unbranched alkanes of at least 4 members (excludes halogenated alkanes) is 1. The Kier molecular flexibility index (Phi) is 8.04. The summed E-state index contributed by atoms with van der Waals surface area (Å²) in [4.78, 5) is 0. The average molecular weight is 495 g/mol. The van der Waals surface area contributed by atoms with Crippen molar-refractivity contribution in [3.8, 4) is 22.6 Å². The molecule has 0 aliphatic rings. The maximum atomic E-state index is 13.0. The summed E-state index contributed by atoms with van der Waals surface area (Å²) in [6.45, 7) is 9.27. The van der Waals surface area contributed by atoms with Crippen molar-refractivity contribution in [2.24, 2.45) is 0 Å². The largest absolute Gasteiger partial charge is 0.496 e. The monoisotopic (exact) mass is 494 g/mol. The zero-order valence-corrected chi connectivity index (χ0v) is 22.6. The molecule has 0 amide bonds. The normalized spacial score (nSPS) is 13.1. The molecule has 0 bridgehead atoms. The van der Waals surface area contributed by atoms with Crippen LogP contribution in [0.1, 0.15) is 62.8 Å². The van der Waals surface area contributed by atoms with Gasteiger partial charge in [-0.15, -0.1) is 0 Å². The highest BCUT2D eigenvalue weighted by atomic mass is 16.5. The van der Waals surface area contributed by atoms with E-state index in [-0.39, 0.29) is 5.41 Å². The standard InChI is InChI=1S/C34H38O3/c1-6-7-24-37-32-28(33(2,3)4)21-15-23-30(32)34(35,26-18-12-9-13-19-26)29-22-14-20-27(31(29)36-5)25-16-10-8-11-17-25/h8-23,35H,6-7,24H2,1-5H3. The molecule has 0 saturated heterocycles. The van der Waals surface area contributed by atoms with E-state index in [4.69, 9.17) is 9.47 Å². The van der Waals surface area contributed by atoms with Gasteiger partial charge >= 0.3 is 0 Å². The van der Waals surface area contributed by atoms with E-state index in [2.05, 4.69) is 45.9 Å². The number of methoxy groups -OCH3 is 1. The summed E-state index contributed by atoms with van der Waals surface area (Å²) in [7, 11) is 1.67. The Labute approximate surface area is 221 Å². The van der Waals surface area contributed by atoms with Crippen molar-refractivity contribution < 1.29 is 14.6 Å². The van der Waals surface area contributed by atoms with Crippen LogP contribution in [0.4, 0.5) is 0 Å². The molecule has 4 aromatic rings. The first-order chi connectivity index (χ1) is 17.8. The third-order valence-corrected chi connectivity index (χ3v) is 6.84. The molecule has 192 valence electrons. The second kappa shape index (κ2) is 11.2. The Morgan fingerprint density at radius 3 is 1.84 bits per heavy atom. The number of hydrogen-bond acceptors (Lipinski definition) is 3. The summed E-state index contributed by atoms with van der Waals surface area (Å²) < 4.78 is 12.6. The highest BCUT2D eigenvalue weighted by Gasteiger charge is 2.41. The molecule has 1 N–H and O–H groups in total. The van der Waals surface area contributed by atoms with Crippen LogP contribution in [0.3, 0.4) is 0 Å². The first-order valence-electron chi connectivity index (χ1n) is 13.1. The fourth-order valence-corrected chi connectivity index (χ4v) is 4.91. The van der Waals surface area contributed by atoms with Gasteiger partial charge in [0.2, 0.25) is 0 Å². The summed E-state index contributed by atoms with van der Waals surface area (Å²) in [6, 6.07) is 32.0. The Hall–Kier alpha value is -3.56. The molecule has 4 rings (SSSR count). The maximum Gasteiger partial charge on any atom is 0.147 e. The molecule has 4 aromatic carbocycles. The van der Waals surface area contributed by atoms with E-state index in [1.807, 2.05) is 78.9 Å². The highest BCUT2D eigenvalue weighted by molar-refractivity contribution is 5.74. The highest BCUT2D eigenvalue weighted by Crippen LogP contribution is 2.49. The van der Waals surface area contributed by atoms with Crippen LogP contribution in [0.25, 0.3) is 11.1 Å². The first-order valence-corrected chi connectivity index (χ1v) is 13.1. The van der Waals surface area contributed by atoms with Gasteiger partial charge in [-0.3, -0.25) is 0 Å². The topological polar surface area (TPSA) is 38.7 Å². The fraction of sp³-hybridized carbons (Fsp3) is 0.294. The Morgan fingerprint density at radius 2 is 1.24 bits per heavy atom. The van der Waals surface area contributed by atoms with E-state index in [0.717, 1.165) is 40.8 Å². The van der Waals surface area contributed by atoms with Gasteiger partial charge in [0.25, 0.3) is 0 Å². The lowest BCUT2D eigenvalue weighted by Gasteiger charge is -2.35. The van der Waals surface area contributed by atoms with Gasteiger partial charge in [0.05, 0.1) is 13.7 Å². The lowest BCUT2D eigenvalue weighted by molar-refractivity contribution is 0.117. The summed E-state index contributed by atoms with van der Waals surface area (Å²) >= 11 is 0. The van der Waals surface area contributed by atoms with Crippen molar-refractivity contribution in [2.75, 3.05) is 13.7 Å². The molecule has 0 saturated carbocycles. The van der Waals surface area contributed by atoms with Crippen molar-refractivity contribution in [1.82, 2.24) is 0 Å². The molecule has 0 radical (unpaired) electrons. The number of ether oxygens (including phenoxy) is 2. The minimum absolute atomic E-state index is 0.175. The molecule has 3 heteroatoms. The van der Waals surface area contributed by atoms with E-state index in [9.17, 15) is 5.11 Å². The van der Waals surface area contributed by atoms with E-state index in [0.29, 0.717) is 23.5 Å². The smallest absolute Gasteiger partial charge is 0.147 e. The molecule has 0 fully saturated rings. The number of aliphatic hydroxyl groups is 1. The van der Waals surface area contributed by atoms with Crippen LogP contribution in [-0.2, 0) is 11.0 Å². The third-order valence-electron chi connectivity index (χ3n) is 6.84. The van der Waals surface area contributed by atoms with E-state index in [1.54, 1.807) is 7.11 Å². The van der Waals surface area contributed by atoms with Crippen LogP contribution in [0.2, 0.25) is 0 Å². The zero-order valence-electron chi connectivity index (χ0n) is 22.6. The van der Waals surface area contributed by atoms with Crippen molar-refractivity contribution in [2.45, 2.75) is 51.6 Å². The van der Waals surface area contributed by atoms with Crippen LogP contribution < -0.4 is 9.47 Å². The first kappa shape index (κ1) is 26.5. The summed E-state index contributed by atoms with van der Waals surface area (Å²) in [5, 5.41) is 13.0. The van der Waals surface area contributed by atoms with Gasteiger partial charge in [0.15, 0.2) is 0 Å². The van der Waals surface area contributed by atoms with Crippen molar-refractivity contribution in [3.63, 3.8) is 0 Å². The van der Waals surface area contributed by atoms with Crippen molar-refractivity contribution in [3.05, 3.63) is 119 Å². The second-order valence-corrected chi connectivity index (χ2v) is 10.5. The molecule has 0 aromatic heterocycles. The van der Waals surface area contributed by atoms with Gasteiger partial charge in [-0.05, 0) is 28.5 Å². The van der Waals surface area contributed by atoms with E-state index < -0.39 is 5.60 Å². The van der Waals surface area contributed by atoms with Gasteiger partial charge in [0, 0.05) is 16.7 Å². The number of para-hydroxylation sites is 2. The quantitative estimate of drug-likeness (QED) is 0.189. The maximum absolute atomic E-state index is 13.0. The lowest BCUT2D eigenvalue weighted by Crippen LogP contribution is -2.31. The van der Waals surface area contributed by atoms with Crippen LogP contribution in [-0.4, -0.2) is 18.8 Å². The molecule has 1 atom stereocenters. The lowest BCUT2D eigenvalue weighted by atomic mass is 9.75. The fourth-order valence-electron chi connectivity index (χ4n) is 4.91. The van der Waals surface area contributed by atoms with Crippen molar-refractivity contribution >= 4 is 0 Å². The number of rotatable bonds is 9. The second-order valence-electron chi connectivity index (χ2n) is 10.5. The Bertz CT molecular complexity index is 1310. The molecule has 3 nitrogen and oxygen atoms in total. The molecule has 0 heterocycles. The van der Waals surface area contributed by atoms with Gasteiger partial charge in [0.1, 0.15) is 17.1 Å².